The number of benzene rings is 1. The van der Waals surface area contributed by atoms with Gasteiger partial charge in [0.15, 0.2) is 5.78 Å². The fourth-order valence-corrected chi connectivity index (χ4v) is 1.54. The number of Topliss-reactive ketones (excluding diaryl/α,β-unsaturated/α-hetero) is 1. The van der Waals surface area contributed by atoms with Gasteiger partial charge in [-0.3, -0.25) is 14.5 Å². The van der Waals surface area contributed by atoms with Gasteiger partial charge in [-0.1, -0.05) is 0 Å². The first-order valence-electron chi connectivity index (χ1n) is 5.74. The van der Waals surface area contributed by atoms with Crippen LogP contribution in [0.25, 0.3) is 0 Å². The molecule has 5 nitrogen and oxygen atoms in total. The van der Waals surface area contributed by atoms with Gasteiger partial charge in [0.1, 0.15) is 5.75 Å². The monoisotopic (exact) mass is 250 g/mol. The van der Waals surface area contributed by atoms with Gasteiger partial charge < -0.3 is 10.8 Å². The molecule has 5 heteroatoms. The minimum Gasteiger partial charge on any atom is -0.508 e. The molecule has 0 aromatic heterocycles. The van der Waals surface area contributed by atoms with Crippen molar-refractivity contribution in [2.24, 2.45) is 5.73 Å². The van der Waals surface area contributed by atoms with Crippen LogP contribution in [-0.2, 0) is 4.79 Å². The summed E-state index contributed by atoms with van der Waals surface area (Å²) in [6.45, 7) is 3.98. The zero-order valence-electron chi connectivity index (χ0n) is 10.6. The smallest absolute Gasteiger partial charge is 0.231 e. The Kier molecular flexibility index (Phi) is 4.85. The Morgan fingerprint density at radius 1 is 1.22 bits per heavy atom. The van der Waals surface area contributed by atoms with Gasteiger partial charge in [0, 0.05) is 11.6 Å². The first kappa shape index (κ1) is 14.2. The third kappa shape index (κ3) is 4.18. The number of phenols is 1. The van der Waals surface area contributed by atoms with Crippen LogP contribution >= 0.6 is 0 Å². The second-order valence-corrected chi connectivity index (χ2v) is 4.44. The number of amides is 1. The van der Waals surface area contributed by atoms with E-state index in [2.05, 4.69) is 0 Å². The highest BCUT2D eigenvalue weighted by Crippen LogP contribution is 2.11. The van der Waals surface area contributed by atoms with E-state index in [1.54, 1.807) is 17.0 Å². The molecular weight excluding hydrogens is 232 g/mol. The highest BCUT2D eigenvalue weighted by atomic mass is 16.3. The number of primary amides is 1. The van der Waals surface area contributed by atoms with Crippen molar-refractivity contribution in [2.45, 2.75) is 19.9 Å². The summed E-state index contributed by atoms with van der Waals surface area (Å²) in [4.78, 5) is 24.6. The molecule has 0 atom stereocenters. The quantitative estimate of drug-likeness (QED) is 0.730. The number of carbonyl (C=O) groups excluding carboxylic acids is 2. The molecule has 0 aliphatic heterocycles. The van der Waals surface area contributed by atoms with Crippen LogP contribution in [0.3, 0.4) is 0 Å². The number of carbonyl (C=O) groups is 2. The van der Waals surface area contributed by atoms with E-state index in [0.29, 0.717) is 5.56 Å². The van der Waals surface area contributed by atoms with Crippen molar-refractivity contribution < 1.29 is 14.7 Å². The SMILES string of the molecule is CC(C)N(CC(N)=O)CC(=O)c1ccc(O)cc1. The zero-order valence-corrected chi connectivity index (χ0v) is 10.6. The molecule has 0 saturated carbocycles. The number of ketones is 1. The topological polar surface area (TPSA) is 83.6 Å². The maximum Gasteiger partial charge on any atom is 0.231 e. The molecule has 0 bridgehead atoms. The lowest BCUT2D eigenvalue weighted by atomic mass is 10.1. The van der Waals surface area contributed by atoms with Crippen LogP contribution in [0.15, 0.2) is 24.3 Å². The molecule has 1 rings (SSSR count). The van der Waals surface area contributed by atoms with Crippen LogP contribution < -0.4 is 5.73 Å². The summed E-state index contributed by atoms with van der Waals surface area (Å²) in [5.74, 6) is -0.448. The number of nitrogens with zero attached hydrogens (tertiary/aromatic N) is 1. The number of nitrogens with two attached hydrogens (primary N) is 1. The van der Waals surface area contributed by atoms with Crippen LogP contribution in [0.5, 0.6) is 5.75 Å². The molecule has 0 radical (unpaired) electrons. The summed E-state index contributed by atoms with van der Waals surface area (Å²) in [5.41, 5.74) is 5.64. The molecule has 0 aliphatic carbocycles. The second-order valence-electron chi connectivity index (χ2n) is 4.44. The van der Waals surface area contributed by atoms with Crippen LogP contribution in [0, 0.1) is 0 Å². The molecule has 3 N–H and O–H groups in total. The van der Waals surface area contributed by atoms with Gasteiger partial charge in [0.2, 0.25) is 5.91 Å². The van der Waals surface area contributed by atoms with E-state index in [1.165, 1.54) is 12.1 Å². The van der Waals surface area contributed by atoms with Crippen LogP contribution in [0.2, 0.25) is 0 Å². The Morgan fingerprint density at radius 3 is 2.22 bits per heavy atom. The molecule has 0 saturated heterocycles. The normalized spacial score (nSPS) is 10.9. The molecular formula is C13H18N2O3. The van der Waals surface area contributed by atoms with E-state index < -0.39 is 5.91 Å². The molecule has 1 aromatic carbocycles. The minimum absolute atomic E-state index is 0.0542. The van der Waals surface area contributed by atoms with Crippen molar-refractivity contribution in [1.29, 1.82) is 0 Å². The number of hydrogen-bond donors (Lipinski definition) is 2. The van der Waals surface area contributed by atoms with Gasteiger partial charge in [0.05, 0.1) is 13.1 Å². The standard InChI is InChI=1S/C13H18N2O3/c1-9(2)15(8-13(14)18)7-12(17)10-3-5-11(16)6-4-10/h3-6,9,16H,7-8H2,1-2H3,(H2,14,18). The van der Waals surface area contributed by atoms with Crippen molar-refractivity contribution in [1.82, 2.24) is 4.90 Å². The van der Waals surface area contributed by atoms with Gasteiger partial charge in [-0.25, -0.2) is 0 Å². The molecule has 0 heterocycles. The van der Waals surface area contributed by atoms with E-state index in [0.717, 1.165) is 0 Å². The first-order chi connectivity index (χ1) is 8.40. The lowest BCUT2D eigenvalue weighted by Gasteiger charge is -2.23. The Bertz CT molecular complexity index is 426. The lowest BCUT2D eigenvalue weighted by molar-refractivity contribution is -0.119. The predicted octanol–water partition coefficient (Wildman–Crippen LogP) is 0.771. The van der Waals surface area contributed by atoms with Crippen LogP contribution in [0.4, 0.5) is 0 Å². The highest BCUT2D eigenvalue weighted by molar-refractivity contribution is 5.98. The zero-order chi connectivity index (χ0) is 13.7. The van der Waals surface area contributed by atoms with E-state index >= 15 is 0 Å². The van der Waals surface area contributed by atoms with Gasteiger partial charge in [-0.2, -0.15) is 0 Å². The van der Waals surface area contributed by atoms with E-state index in [-0.39, 0.29) is 30.7 Å². The molecule has 0 fully saturated rings. The van der Waals surface area contributed by atoms with Gasteiger partial charge in [-0.05, 0) is 38.1 Å². The summed E-state index contributed by atoms with van der Waals surface area (Å²) in [5, 5.41) is 9.14. The number of phenolic OH excluding ortho intramolecular Hbond substituents is 1. The largest absolute Gasteiger partial charge is 0.508 e. The molecule has 18 heavy (non-hydrogen) atoms. The van der Waals surface area contributed by atoms with Crippen molar-refractivity contribution >= 4 is 11.7 Å². The van der Waals surface area contributed by atoms with E-state index in [1.807, 2.05) is 13.8 Å². The molecule has 1 amide bonds. The first-order valence-corrected chi connectivity index (χ1v) is 5.74. The summed E-state index contributed by atoms with van der Waals surface area (Å²) in [7, 11) is 0. The van der Waals surface area contributed by atoms with Gasteiger partial charge in [0.25, 0.3) is 0 Å². The highest BCUT2D eigenvalue weighted by Gasteiger charge is 2.17. The Balaban J connectivity index is 2.72. The Morgan fingerprint density at radius 2 is 1.78 bits per heavy atom. The van der Waals surface area contributed by atoms with Crippen molar-refractivity contribution in [3.63, 3.8) is 0 Å². The summed E-state index contributed by atoms with van der Waals surface area (Å²) < 4.78 is 0. The maximum atomic E-state index is 12.0. The molecule has 0 spiro atoms. The molecule has 0 unspecified atom stereocenters. The minimum atomic E-state index is -0.456. The fourth-order valence-electron chi connectivity index (χ4n) is 1.54. The van der Waals surface area contributed by atoms with E-state index in [9.17, 15) is 9.59 Å². The summed E-state index contributed by atoms with van der Waals surface area (Å²) in [6, 6.07) is 6.08. The summed E-state index contributed by atoms with van der Waals surface area (Å²) >= 11 is 0. The van der Waals surface area contributed by atoms with Crippen molar-refractivity contribution in [3.8, 4) is 5.75 Å². The molecule has 0 aliphatic rings. The van der Waals surface area contributed by atoms with E-state index in [4.69, 9.17) is 10.8 Å². The summed E-state index contributed by atoms with van der Waals surface area (Å²) in [6.07, 6.45) is 0. The average Bonchev–Trinajstić information content (AvgIpc) is 2.28. The van der Waals surface area contributed by atoms with Crippen molar-refractivity contribution in [3.05, 3.63) is 29.8 Å². The predicted molar refractivity (Wildman–Crippen MR) is 68.3 cm³/mol. The average molecular weight is 250 g/mol. The van der Waals surface area contributed by atoms with Crippen LogP contribution in [-0.4, -0.2) is 40.8 Å². The lowest BCUT2D eigenvalue weighted by Crippen LogP contribution is -2.41. The number of hydrogen-bond acceptors (Lipinski definition) is 4. The fraction of sp³-hybridized carbons (Fsp3) is 0.385. The second kappa shape index (κ2) is 6.16. The third-order valence-corrected chi connectivity index (χ3v) is 2.63. The Labute approximate surface area is 106 Å². The number of rotatable bonds is 6. The van der Waals surface area contributed by atoms with Crippen molar-refractivity contribution in [2.75, 3.05) is 13.1 Å². The van der Waals surface area contributed by atoms with Gasteiger partial charge >= 0.3 is 0 Å². The van der Waals surface area contributed by atoms with Crippen LogP contribution in [0.1, 0.15) is 24.2 Å². The Hall–Kier alpha value is -1.88. The molecule has 98 valence electrons. The molecule has 1 aromatic rings. The van der Waals surface area contributed by atoms with Gasteiger partial charge in [-0.15, -0.1) is 0 Å². The number of aromatic hydroxyl groups is 1. The third-order valence-electron chi connectivity index (χ3n) is 2.63. The maximum absolute atomic E-state index is 12.0.